The summed E-state index contributed by atoms with van der Waals surface area (Å²) < 4.78 is 13.0. The molecule has 0 aliphatic carbocycles. The van der Waals surface area contributed by atoms with E-state index in [1.807, 2.05) is 18.2 Å². The van der Waals surface area contributed by atoms with E-state index in [1.54, 1.807) is 29.5 Å². The maximum Gasteiger partial charge on any atom is 0.244 e. The van der Waals surface area contributed by atoms with Crippen LogP contribution in [0.15, 0.2) is 42.5 Å². The summed E-state index contributed by atoms with van der Waals surface area (Å²) >= 11 is 1.59. The summed E-state index contributed by atoms with van der Waals surface area (Å²) in [6.45, 7) is 5.48. The Balaban J connectivity index is 1.50. The highest BCUT2D eigenvalue weighted by Gasteiger charge is 2.19. The number of thiophene rings is 1. The lowest BCUT2D eigenvalue weighted by Gasteiger charge is -2.31. The first-order chi connectivity index (χ1) is 12.6. The standard InChI is InChI=1S/C21H25FN2OS/c1-2-13-24-14-11-18(12-15-24)23-21(25)10-8-19-7-9-20(26-19)16-3-5-17(22)6-4-16/h3-10,18H,2,11-15H2,1H3,(H,23,25)/b10-8+. The number of halogens is 1. The van der Waals surface area contributed by atoms with Gasteiger partial charge in [0.05, 0.1) is 0 Å². The van der Waals surface area contributed by atoms with Crippen molar-refractivity contribution in [3.05, 3.63) is 53.2 Å². The lowest BCUT2D eigenvalue weighted by Crippen LogP contribution is -2.44. The van der Waals surface area contributed by atoms with E-state index in [1.165, 1.54) is 18.6 Å². The number of nitrogens with zero attached hydrogens (tertiary/aromatic N) is 1. The highest BCUT2D eigenvalue weighted by atomic mass is 32.1. The average Bonchev–Trinajstić information content (AvgIpc) is 3.11. The van der Waals surface area contributed by atoms with Crippen LogP contribution in [-0.2, 0) is 4.79 Å². The Morgan fingerprint density at radius 3 is 2.65 bits per heavy atom. The Labute approximate surface area is 158 Å². The number of rotatable bonds is 6. The van der Waals surface area contributed by atoms with Gasteiger partial charge in [0.2, 0.25) is 5.91 Å². The van der Waals surface area contributed by atoms with Gasteiger partial charge in [0.15, 0.2) is 0 Å². The Hall–Kier alpha value is -1.98. The summed E-state index contributed by atoms with van der Waals surface area (Å²) in [6, 6.07) is 10.7. The minimum absolute atomic E-state index is 0.0318. The van der Waals surface area contributed by atoms with Crippen LogP contribution >= 0.6 is 11.3 Å². The zero-order valence-electron chi connectivity index (χ0n) is 15.1. The first-order valence-electron chi connectivity index (χ1n) is 9.21. The van der Waals surface area contributed by atoms with Crippen molar-refractivity contribution < 1.29 is 9.18 Å². The van der Waals surface area contributed by atoms with E-state index in [2.05, 4.69) is 17.1 Å². The molecule has 0 spiro atoms. The van der Waals surface area contributed by atoms with Gasteiger partial charge in [-0.15, -0.1) is 11.3 Å². The number of carbonyl (C=O) groups excluding carboxylic acids is 1. The molecule has 1 aliphatic rings. The highest BCUT2D eigenvalue weighted by molar-refractivity contribution is 7.16. The Bertz CT molecular complexity index is 746. The van der Waals surface area contributed by atoms with E-state index in [0.717, 1.165) is 47.8 Å². The summed E-state index contributed by atoms with van der Waals surface area (Å²) in [6.07, 6.45) is 6.68. The first kappa shape index (κ1) is 18.8. The molecule has 0 bridgehead atoms. The summed E-state index contributed by atoms with van der Waals surface area (Å²) in [5, 5.41) is 3.11. The van der Waals surface area contributed by atoms with Gasteiger partial charge in [0, 0.05) is 35.0 Å². The van der Waals surface area contributed by atoms with Crippen molar-refractivity contribution in [2.45, 2.75) is 32.2 Å². The molecular weight excluding hydrogens is 347 g/mol. The van der Waals surface area contributed by atoms with Gasteiger partial charge in [-0.1, -0.05) is 19.1 Å². The number of benzene rings is 1. The fourth-order valence-electron chi connectivity index (χ4n) is 3.24. The minimum Gasteiger partial charge on any atom is -0.350 e. The largest absolute Gasteiger partial charge is 0.350 e. The van der Waals surface area contributed by atoms with Gasteiger partial charge in [-0.3, -0.25) is 4.79 Å². The molecule has 5 heteroatoms. The lowest BCUT2D eigenvalue weighted by molar-refractivity contribution is -0.117. The number of piperidine rings is 1. The van der Waals surface area contributed by atoms with Crippen LogP contribution in [0.3, 0.4) is 0 Å². The second-order valence-corrected chi connectivity index (χ2v) is 7.78. The molecule has 1 fully saturated rings. The smallest absolute Gasteiger partial charge is 0.244 e. The Morgan fingerprint density at radius 1 is 1.23 bits per heavy atom. The van der Waals surface area contributed by atoms with Crippen molar-refractivity contribution in [3.8, 4) is 10.4 Å². The van der Waals surface area contributed by atoms with Crippen molar-refractivity contribution in [1.29, 1.82) is 0 Å². The molecule has 1 aromatic heterocycles. The normalized spacial score (nSPS) is 16.2. The number of hydrogen-bond acceptors (Lipinski definition) is 3. The van der Waals surface area contributed by atoms with Crippen molar-refractivity contribution in [2.75, 3.05) is 19.6 Å². The average molecular weight is 373 g/mol. The molecule has 138 valence electrons. The molecular formula is C21H25FN2OS. The van der Waals surface area contributed by atoms with Crippen LogP contribution < -0.4 is 5.32 Å². The number of likely N-dealkylation sites (tertiary alicyclic amines) is 1. The Morgan fingerprint density at radius 2 is 1.96 bits per heavy atom. The number of amides is 1. The summed E-state index contributed by atoms with van der Waals surface area (Å²) in [4.78, 5) is 16.7. The van der Waals surface area contributed by atoms with Gasteiger partial charge in [-0.2, -0.15) is 0 Å². The summed E-state index contributed by atoms with van der Waals surface area (Å²) in [7, 11) is 0. The fraction of sp³-hybridized carbons (Fsp3) is 0.381. The number of nitrogens with one attached hydrogen (secondary N) is 1. The van der Waals surface area contributed by atoms with Crippen LogP contribution in [0.25, 0.3) is 16.5 Å². The van der Waals surface area contributed by atoms with Crippen molar-refractivity contribution in [3.63, 3.8) is 0 Å². The molecule has 1 saturated heterocycles. The molecule has 1 N–H and O–H groups in total. The van der Waals surface area contributed by atoms with Crippen molar-refractivity contribution in [1.82, 2.24) is 10.2 Å². The third-order valence-electron chi connectivity index (χ3n) is 4.63. The second-order valence-electron chi connectivity index (χ2n) is 6.67. The first-order valence-corrected chi connectivity index (χ1v) is 10.0. The van der Waals surface area contributed by atoms with Gasteiger partial charge in [0.25, 0.3) is 0 Å². The van der Waals surface area contributed by atoms with Crippen LogP contribution in [0.4, 0.5) is 4.39 Å². The molecule has 2 aromatic rings. The van der Waals surface area contributed by atoms with E-state index >= 15 is 0 Å². The molecule has 0 atom stereocenters. The minimum atomic E-state index is -0.234. The van der Waals surface area contributed by atoms with Crippen LogP contribution in [0.1, 0.15) is 31.1 Å². The zero-order chi connectivity index (χ0) is 18.4. The molecule has 0 unspecified atom stereocenters. The van der Waals surface area contributed by atoms with Gasteiger partial charge in [0.1, 0.15) is 5.82 Å². The topological polar surface area (TPSA) is 32.3 Å². The number of hydrogen-bond donors (Lipinski definition) is 1. The monoisotopic (exact) mass is 372 g/mol. The summed E-state index contributed by atoms with van der Waals surface area (Å²) in [5.74, 6) is -0.265. The van der Waals surface area contributed by atoms with E-state index in [0.29, 0.717) is 0 Å². The van der Waals surface area contributed by atoms with Gasteiger partial charge in [-0.25, -0.2) is 4.39 Å². The molecule has 3 rings (SSSR count). The van der Waals surface area contributed by atoms with Crippen LogP contribution in [0.2, 0.25) is 0 Å². The maximum atomic E-state index is 13.0. The lowest BCUT2D eigenvalue weighted by atomic mass is 10.0. The predicted molar refractivity (Wildman–Crippen MR) is 107 cm³/mol. The molecule has 1 aliphatic heterocycles. The van der Waals surface area contributed by atoms with Crippen molar-refractivity contribution in [2.24, 2.45) is 0 Å². The summed E-state index contributed by atoms with van der Waals surface area (Å²) in [5.41, 5.74) is 0.986. The van der Waals surface area contributed by atoms with E-state index in [-0.39, 0.29) is 17.8 Å². The Kier molecular flexibility index (Phi) is 6.58. The highest BCUT2D eigenvalue weighted by Crippen LogP contribution is 2.28. The second kappa shape index (κ2) is 9.10. The maximum absolute atomic E-state index is 13.0. The van der Waals surface area contributed by atoms with Gasteiger partial charge < -0.3 is 10.2 Å². The van der Waals surface area contributed by atoms with E-state index in [4.69, 9.17) is 0 Å². The van der Waals surface area contributed by atoms with Crippen LogP contribution in [-0.4, -0.2) is 36.5 Å². The molecule has 2 heterocycles. The molecule has 0 radical (unpaired) electrons. The third kappa shape index (κ3) is 5.26. The quantitative estimate of drug-likeness (QED) is 0.754. The molecule has 1 amide bonds. The zero-order valence-corrected chi connectivity index (χ0v) is 15.9. The predicted octanol–water partition coefficient (Wildman–Crippen LogP) is 4.56. The number of carbonyl (C=O) groups is 1. The van der Waals surface area contributed by atoms with E-state index < -0.39 is 0 Å². The third-order valence-corrected chi connectivity index (χ3v) is 5.73. The molecule has 26 heavy (non-hydrogen) atoms. The van der Waals surface area contributed by atoms with Crippen LogP contribution in [0, 0.1) is 5.82 Å². The fourth-order valence-corrected chi connectivity index (χ4v) is 4.15. The van der Waals surface area contributed by atoms with Crippen LogP contribution in [0.5, 0.6) is 0 Å². The SMILES string of the molecule is CCCN1CCC(NC(=O)/C=C/c2ccc(-c3ccc(F)cc3)s2)CC1. The van der Waals surface area contributed by atoms with Crippen molar-refractivity contribution >= 4 is 23.3 Å². The van der Waals surface area contributed by atoms with Gasteiger partial charge in [-0.05, 0) is 61.7 Å². The van der Waals surface area contributed by atoms with Gasteiger partial charge >= 0.3 is 0 Å². The molecule has 1 aromatic carbocycles. The molecule has 0 saturated carbocycles. The van der Waals surface area contributed by atoms with E-state index in [9.17, 15) is 9.18 Å². The molecule has 3 nitrogen and oxygen atoms in total.